The number of nitrogens with one attached hydrogen (secondary N) is 1. The molecule has 8 heteroatoms. The van der Waals surface area contributed by atoms with Crippen LogP contribution in [0.5, 0.6) is 5.75 Å². The number of amides is 2. The van der Waals surface area contributed by atoms with Crippen molar-refractivity contribution in [1.82, 2.24) is 15.2 Å². The summed E-state index contributed by atoms with van der Waals surface area (Å²) in [7, 11) is 0. The largest absolute Gasteiger partial charge is 0.508 e. The van der Waals surface area contributed by atoms with Crippen LogP contribution in [-0.4, -0.2) is 53.4 Å². The van der Waals surface area contributed by atoms with Gasteiger partial charge in [0.2, 0.25) is 5.91 Å². The number of para-hydroxylation sites is 1. The second kappa shape index (κ2) is 15.7. The Kier molecular flexibility index (Phi) is 11.0. The van der Waals surface area contributed by atoms with Crippen molar-refractivity contribution in [1.29, 1.82) is 0 Å². The number of carbonyl (C=O) groups is 2. The minimum absolute atomic E-state index is 0.0290. The van der Waals surface area contributed by atoms with E-state index in [0.29, 0.717) is 19.8 Å². The lowest BCUT2D eigenvalue weighted by Crippen LogP contribution is -2.50. The fourth-order valence-corrected chi connectivity index (χ4v) is 5.39. The Morgan fingerprint density at radius 1 is 0.773 bits per heavy atom. The summed E-state index contributed by atoms with van der Waals surface area (Å²) in [5.74, 6) is 0.0978. The van der Waals surface area contributed by atoms with Crippen molar-refractivity contribution in [3.05, 3.63) is 120 Å². The maximum atomic E-state index is 13.7. The number of hydrazine groups is 1. The lowest BCUT2D eigenvalue weighted by molar-refractivity contribution is -0.132. The monoisotopic (exact) mass is 592 g/mol. The van der Waals surface area contributed by atoms with Gasteiger partial charge in [0.05, 0.1) is 18.8 Å². The third kappa shape index (κ3) is 8.46. The second-order valence-electron chi connectivity index (χ2n) is 10.9. The van der Waals surface area contributed by atoms with Crippen molar-refractivity contribution in [2.45, 2.75) is 38.8 Å². The topological polar surface area (TPSA) is 85.4 Å². The van der Waals surface area contributed by atoms with E-state index in [2.05, 4.69) is 10.3 Å². The Bertz CT molecular complexity index is 1480. The van der Waals surface area contributed by atoms with E-state index in [4.69, 9.17) is 4.74 Å². The number of nitrogens with zero attached hydrogens (tertiary/aromatic N) is 3. The molecule has 0 aromatic heterocycles. The average Bonchev–Trinajstić information content (AvgIpc) is 3.07. The predicted octanol–water partition coefficient (Wildman–Crippen LogP) is 6.57. The molecule has 1 aliphatic heterocycles. The van der Waals surface area contributed by atoms with Crippen LogP contribution >= 0.6 is 0 Å². The van der Waals surface area contributed by atoms with Crippen molar-refractivity contribution < 1.29 is 19.4 Å². The van der Waals surface area contributed by atoms with Gasteiger partial charge in [-0.2, -0.15) is 0 Å². The van der Waals surface area contributed by atoms with E-state index >= 15 is 0 Å². The van der Waals surface area contributed by atoms with Gasteiger partial charge in [0.25, 0.3) is 0 Å². The normalized spacial score (nSPS) is 13.3. The van der Waals surface area contributed by atoms with Gasteiger partial charge >= 0.3 is 6.09 Å². The molecular weight excluding hydrogens is 552 g/mol. The number of benzene rings is 4. The number of aromatic hydroxyl groups is 1. The molecule has 0 radical (unpaired) electrons. The van der Waals surface area contributed by atoms with Gasteiger partial charge in [-0.15, -0.1) is 0 Å². The number of ether oxygens (including phenoxy) is 1. The van der Waals surface area contributed by atoms with E-state index in [-0.39, 0.29) is 24.7 Å². The molecule has 1 fully saturated rings. The number of anilines is 1. The van der Waals surface area contributed by atoms with Crippen LogP contribution in [0.3, 0.4) is 0 Å². The summed E-state index contributed by atoms with van der Waals surface area (Å²) in [6.45, 7) is 2.79. The van der Waals surface area contributed by atoms with Gasteiger partial charge < -0.3 is 14.7 Å². The third-order valence-corrected chi connectivity index (χ3v) is 7.68. The Morgan fingerprint density at radius 2 is 1.43 bits per heavy atom. The first-order chi connectivity index (χ1) is 21.6. The fraction of sp³-hybridized carbons (Fsp3) is 0.278. The van der Waals surface area contributed by atoms with Gasteiger partial charge in [0.15, 0.2) is 0 Å². The van der Waals surface area contributed by atoms with Crippen LogP contribution in [0.1, 0.15) is 36.8 Å². The summed E-state index contributed by atoms with van der Waals surface area (Å²) in [6.07, 6.45) is 2.71. The fourth-order valence-electron chi connectivity index (χ4n) is 5.39. The molecule has 0 saturated carbocycles. The number of phenols is 1. The zero-order valence-electron chi connectivity index (χ0n) is 25.0. The van der Waals surface area contributed by atoms with Crippen LogP contribution in [-0.2, 0) is 22.6 Å². The summed E-state index contributed by atoms with van der Waals surface area (Å²) >= 11 is 0. The average molecular weight is 593 g/mol. The van der Waals surface area contributed by atoms with Crippen LogP contribution in [0.2, 0.25) is 0 Å². The molecule has 0 unspecified atom stereocenters. The van der Waals surface area contributed by atoms with E-state index in [9.17, 15) is 14.7 Å². The highest BCUT2D eigenvalue weighted by atomic mass is 16.6. The summed E-state index contributed by atoms with van der Waals surface area (Å²) in [5, 5.41) is 16.6. The Morgan fingerprint density at radius 3 is 2.16 bits per heavy atom. The summed E-state index contributed by atoms with van der Waals surface area (Å²) in [5.41, 5.74) is 4.74. The van der Waals surface area contributed by atoms with Crippen LogP contribution in [0.4, 0.5) is 10.5 Å². The van der Waals surface area contributed by atoms with Crippen molar-refractivity contribution in [3.63, 3.8) is 0 Å². The minimum Gasteiger partial charge on any atom is -0.508 e. The predicted molar refractivity (Wildman–Crippen MR) is 173 cm³/mol. The molecule has 2 amide bonds. The maximum Gasteiger partial charge on any atom is 0.429 e. The molecule has 5 rings (SSSR count). The van der Waals surface area contributed by atoms with Crippen LogP contribution in [0, 0.1) is 0 Å². The van der Waals surface area contributed by atoms with Gasteiger partial charge in [0, 0.05) is 31.7 Å². The van der Waals surface area contributed by atoms with Crippen molar-refractivity contribution in [2.75, 3.05) is 31.4 Å². The maximum absolute atomic E-state index is 13.7. The molecule has 44 heavy (non-hydrogen) atoms. The number of hydrogen-bond donors (Lipinski definition) is 2. The highest BCUT2D eigenvalue weighted by Gasteiger charge is 2.28. The Labute approximate surface area is 259 Å². The van der Waals surface area contributed by atoms with E-state index in [1.807, 2.05) is 97.1 Å². The Hall–Kier alpha value is -4.66. The zero-order chi connectivity index (χ0) is 30.6. The molecule has 0 aliphatic carbocycles. The highest BCUT2D eigenvalue weighted by molar-refractivity contribution is 5.93. The third-order valence-electron chi connectivity index (χ3n) is 7.68. The summed E-state index contributed by atoms with van der Waals surface area (Å²) in [6, 6.07) is 34.7. The van der Waals surface area contributed by atoms with Gasteiger partial charge in [-0.1, -0.05) is 97.4 Å². The van der Waals surface area contributed by atoms with Crippen molar-refractivity contribution in [2.24, 2.45) is 0 Å². The summed E-state index contributed by atoms with van der Waals surface area (Å²) < 4.78 is 5.81. The van der Waals surface area contributed by atoms with Crippen LogP contribution in [0.15, 0.2) is 109 Å². The number of carbonyl (C=O) groups excluding carboxylic acids is 2. The van der Waals surface area contributed by atoms with Gasteiger partial charge in [-0.3, -0.25) is 10.1 Å². The molecule has 1 heterocycles. The van der Waals surface area contributed by atoms with Gasteiger partial charge in [-0.25, -0.2) is 14.8 Å². The second-order valence-corrected chi connectivity index (χ2v) is 10.9. The van der Waals surface area contributed by atoms with Crippen molar-refractivity contribution >= 4 is 17.7 Å². The number of rotatable bonds is 12. The number of piperidine rings is 1. The van der Waals surface area contributed by atoms with E-state index < -0.39 is 6.09 Å². The van der Waals surface area contributed by atoms with Crippen LogP contribution < -0.4 is 10.3 Å². The Balaban J connectivity index is 1.25. The molecule has 0 atom stereocenters. The molecule has 228 valence electrons. The standard InChI is InChI=1S/C36H40N4O4/c41-32-20-18-29(19-21-32)26-37-28-38(27-30-12-4-1-5-13-30)35(42)22-25-44-36(43)40(39-23-10-3-11-24-39)34-17-9-8-16-33(34)31-14-6-2-7-15-31/h1-2,4-9,12-21,37,41H,3,10-11,22-28H2. The molecule has 4 aromatic rings. The molecule has 0 bridgehead atoms. The van der Waals surface area contributed by atoms with E-state index in [1.54, 1.807) is 22.0 Å². The first kappa shape index (κ1) is 30.8. The lowest BCUT2D eigenvalue weighted by Gasteiger charge is -2.37. The SMILES string of the molecule is O=C(CCOC(=O)N(c1ccccc1-c1ccccc1)N1CCCCC1)N(CNCc1ccc(O)cc1)Cc1ccccc1. The van der Waals surface area contributed by atoms with Crippen molar-refractivity contribution in [3.8, 4) is 16.9 Å². The molecule has 1 aliphatic rings. The first-order valence-corrected chi connectivity index (χ1v) is 15.2. The molecule has 4 aromatic carbocycles. The molecule has 2 N–H and O–H groups in total. The van der Waals surface area contributed by atoms with Gasteiger partial charge in [0.1, 0.15) is 12.4 Å². The smallest absolute Gasteiger partial charge is 0.429 e. The van der Waals surface area contributed by atoms with Gasteiger partial charge in [-0.05, 0) is 47.7 Å². The number of hydrogen-bond acceptors (Lipinski definition) is 6. The lowest BCUT2D eigenvalue weighted by atomic mass is 10.0. The summed E-state index contributed by atoms with van der Waals surface area (Å²) in [4.78, 5) is 28.9. The molecule has 1 saturated heterocycles. The minimum atomic E-state index is -0.483. The first-order valence-electron chi connectivity index (χ1n) is 15.2. The zero-order valence-corrected chi connectivity index (χ0v) is 25.0. The quantitative estimate of drug-likeness (QED) is 0.181. The molecule has 8 nitrogen and oxygen atoms in total. The number of phenolic OH excluding ortho intramolecular Hbond substituents is 1. The van der Waals surface area contributed by atoms with E-state index in [0.717, 1.165) is 60.3 Å². The highest BCUT2D eigenvalue weighted by Crippen LogP contribution is 2.33. The molecular formula is C36H40N4O4. The van der Waals surface area contributed by atoms with Crippen LogP contribution in [0.25, 0.3) is 11.1 Å². The van der Waals surface area contributed by atoms with E-state index in [1.165, 1.54) is 0 Å². The molecule has 0 spiro atoms.